The number of benzene rings is 2. The molecule has 0 saturated heterocycles. The summed E-state index contributed by atoms with van der Waals surface area (Å²) in [4.78, 5) is 11.7. The van der Waals surface area contributed by atoms with E-state index in [0.29, 0.717) is 11.4 Å². The number of nitrogens with one attached hydrogen (secondary N) is 1. The van der Waals surface area contributed by atoms with Crippen LogP contribution in [-0.2, 0) is 4.79 Å². The molecule has 0 saturated carbocycles. The summed E-state index contributed by atoms with van der Waals surface area (Å²) in [5.74, 6) is 0.196. The maximum Gasteiger partial charge on any atom is 0.227 e. The summed E-state index contributed by atoms with van der Waals surface area (Å²) in [5, 5.41) is 2.67. The van der Waals surface area contributed by atoms with Crippen molar-refractivity contribution in [2.24, 2.45) is 0 Å². The molecule has 5 heteroatoms. The Bertz CT molecular complexity index is 587. The molecular formula is C15H13BrFNO2. The van der Waals surface area contributed by atoms with Crippen LogP contribution in [0.5, 0.6) is 5.75 Å². The fourth-order valence-corrected chi connectivity index (χ4v) is 1.95. The van der Waals surface area contributed by atoms with Gasteiger partial charge in [0.05, 0.1) is 13.0 Å². The van der Waals surface area contributed by atoms with Gasteiger partial charge in [-0.2, -0.15) is 0 Å². The Balaban J connectivity index is 1.76. The summed E-state index contributed by atoms with van der Waals surface area (Å²) in [7, 11) is 0. The molecule has 0 atom stereocenters. The summed E-state index contributed by atoms with van der Waals surface area (Å²) < 4.78 is 19.1. The second kappa shape index (κ2) is 7.05. The Labute approximate surface area is 124 Å². The van der Waals surface area contributed by atoms with Gasteiger partial charge in [-0.05, 0) is 42.5 Å². The molecule has 2 aromatic carbocycles. The second-order valence-corrected chi connectivity index (χ2v) is 5.03. The highest BCUT2D eigenvalue weighted by Crippen LogP contribution is 2.17. The third-order valence-electron chi connectivity index (χ3n) is 2.52. The van der Waals surface area contributed by atoms with E-state index >= 15 is 0 Å². The number of carbonyl (C=O) groups excluding carboxylic acids is 1. The minimum Gasteiger partial charge on any atom is -0.493 e. The van der Waals surface area contributed by atoms with Gasteiger partial charge in [-0.25, -0.2) is 4.39 Å². The molecular weight excluding hydrogens is 325 g/mol. The number of hydrogen-bond acceptors (Lipinski definition) is 2. The Morgan fingerprint density at radius 3 is 2.65 bits per heavy atom. The molecule has 0 aliphatic heterocycles. The second-order valence-electron chi connectivity index (χ2n) is 4.11. The molecule has 2 rings (SSSR count). The van der Waals surface area contributed by atoms with Gasteiger partial charge in [0.2, 0.25) is 5.91 Å². The quantitative estimate of drug-likeness (QED) is 0.895. The third-order valence-corrected chi connectivity index (χ3v) is 3.02. The van der Waals surface area contributed by atoms with Gasteiger partial charge in [-0.15, -0.1) is 0 Å². The summed E-state index contributed by atoms with van der Waals surface area (Å²) in [5.41, 5.74) is 0.568. The van der Waals surface area contributed by atoms with Gasteiger partial charge in [0, 0.05) is 10.2 Å². The van der Waals surface area contributed by atoms with Gasteiger partial charge < -0.3 is 10.1 Å². The van der Waals surface area contributed by atoms with Crippen molar-refractivity contribution in [2.45, 2.75) is 6.42 Å². The number of ether oxygens (including phenoxy) is 1. The lowest BCUT2D eigenvalue weighted by molar-refractivity contribution is -0.116. The first kappa shape index (κ1) is 14.5. The first-order valence-corrected chi connectivity index (χ1v) is 6.86. The van der Waals surface area contributed by atoms with Crippen LogP contribution in [0.25, 0.3) is 0 Å². The molecule has 0 heterocycles. The molecule has 0 unspecified atom stereocenters. The van der Waals surface area contributed by atoms with Crippen LogP contribution < -0.4 is 10.1 Å². The van der Waals surface area contributed by atoms with Crippen molar-refractivity contribution in [3.63, 3.8) is 0 Å². The molecule has 0 aliphatic rings. The van der Waals surface area contributed by atoms with Crippen LogP contribution in [0.2, 0.25) is 0 Å². The van der Waals surface area contributed by atoms with Crippen molar-refractivity contribution >= 4 is 27.5 Å². The number of carbonyl (C=O) groups is 1. The largest absolute Gasteiger partial charge is 0.493 e. The van der Waals surface area contributed by atoms with Gasteiger partial charge in [-0.1, -0.05) is 22.0 Å². The van der Waals surface area contributed by atoms with Gasteiger partial charge in [-0.3, -0.25) is 4.79 Å². The van der Waals surface area contributed by atoms with Gasteiger partial charge in [0.25, 0.3) is 0 Å². The fraction of sp³-hybridized carbons (Fsp3) is 0.133. The van der Waals surface area contributed by atoms with Crippen molar-refractivity contribution in [2.75, 3.05) is 11.9 Å². The number of rotatable bonds is 5. The lowest BCUT2D eigenvalue weighted by Crippen LogP contribution is -2.15. The summed E-state index contributed by atoms with van der Waals surface area (Å²) >= 11 is 3.34. The van der Waals surface area contributed by atoms with E-state index in [-0.39, 0.29) is 24.8 Å². The predicted octanol–water partition coefficient (Wildman–Crippen LogP) is 4.00. The Hall–Kier alpha value is -1.88. The Morgan fingerprint density at radius 2 is 1.95 bits per heavy atom. The SMILES string of the molecule is O=C(CCOc1cccc(Br)c1)Nc1ccc(F)cc1. The van der Waals surface area contributed by atoms with Crippen LogP contribution in [0.3, 0.4) is 0 Å². The first-order chi connectivity index (χ1) is 9.63. The lowest BCUT2D eigenvalue weighted by Gasteiger charge is -2.07. The number of hydrogen-bond donors (Lipinski definition) is 1. The zero-order chi connectivity index (χ0) is 14.4. The number of anilines is 1. The minimum absolute atomic E-state index is 0.174. The van der Waals surface area contributed by atoms with Crippen LogP contribution in [0.1, 0.15) is 6.42 Å². The van der Waals surface area contributed by atoms with Crippen LogP contribution >= 0.6 is 15.9 Å². The molecule has 0 radical (unpaired) electrons. The summed E-state index contributed by atoms with van der Waals surface area (Å²) in [6, 6.07) is 13.0. The van der Waals surface area contributed by atoms with Crippen LogP contribution in [0.15, 0.2) is 53.0 Å². The zero-order valence-corrected chi connectivity index (χ0v) is 12.2. The molecule has 1 amide bonds. The van der Waals surface area contributed by atoms with Crippen molar-refractivity contribution in [1.29, 1.82) is 0 Å². The summed E-state index contributed by atoms with van der Waals surface area (Å²) in [6.07, 6.45) is 0.226. The van der Waals surface area contributed by atoms with E-state index in [2.05, 4.69) is 21.2 Å². The molecule has 3 nitrogen and oxygen atoms in total. The minimum atomic E-state index is -0.332. The molecule has 0 bridgehead atoms. The van der Waals surface area contributed by atoms with E-state index < -0.39 is 0 Å². The standard InChI is InChI=1S/C15H13BrFNO2/c16-11-2-1-3-14(10-11)20-9-8-15(19)18-13-6-4-12(17)5-7-13/h1-7,10H,8-9H2,(H,18,19). The van der Waals surface area contributed by atoms with E-state index in [1.54, 1.807) is 0 Å². The highest BCUT2D eigenvalue weighted by molar-refractivity contribution is 9.10. The number of amides is 1. The number of halogens is 2. The van der Waals surface area contributed by atoms with Crippen molar-refractivity contribution in [3.8, 4) is 5.75 Å². The van der Waals surface area contributed by atoms with Crippen LogP contribution in [0.4, 0.5) is 10.1 Å². The maximum absolute atomic E-state index is 12.7. The lowest BCUT2D eigenvalue weighted by atomic mass is 10.3. The molecule has 0 fully saturated rings. The van der Waals surface area contributed by atoms with Gasteiger partial charge >= 0.3 is 0 Å². The van der Waals surface area contributed by atoms with Gasteiger partial charge in [0.1, 0.15) is 11.6 Å². The van der Waals surface area contributed by atoms with E-state index in [1.807, 2.05) is 24.3 Å². The molecule has 0 spiro atoms. The van der Waals surface area contributed by atoms with Crippen LogP contribution in [0, 0.1) is 5.82 Å². The van der Waals surface area contributed by atoms with Crippen LogP contribution in [-0.4, -0.2) is 12.5 Å². The van der Waals surface area contributed by atoms with Crippen molar-refractivity contribution < 1.29 is 13.9 Å². The molecule has 2 aromatic rings. The summed E-state index contributed by atoms with van der Waals surface area (Å²) in [6.45, 7) is 0.281. The van der Waals surface area contributed by atoms with E-state index in [4.69, 9.17) is 4.74 Å². The van der Waals surface area contributed by atoms with E-state index in [9.17, 15) is 9.18 Å². The monoisotopic (exact) mass is 337 g/mol. The molecule has 104 valence electrons. The molecule has 0 aromatic heterocycles. The Kier molecular flexibility index (Phi) is 5.12. The molecule has 20 heavy (non-hydrogen) atoms. The topological polar surface area (TPSA) is 38.3 Å². The fourth-order valence-electron chi connectivity index (χ4n) is 1.58. The van der Waals surface area contributed by atoms with Gasteiger partial charge in [0.15, 0.2) is 0 Å². The first-order valence-electron chi connectivity index (χ1n) is 6.07. The molecule has 0 aliphatic carbocycles. The van der Waals surface area contributed by atoms with E-state index in [0.717, 1.165) is 4.47 Å². The van der Waals surface area contributed by atoms with E-state index in [1.165, 1.54) is 24.3 Å². The average Bonchev–Trinajstić information content (AvgIpc) is 2.41. The zero-order valence-electron chi connectivity index (χ0n) is 10.6. The highest BCUT2D eigenvalue weighted by Gasteiger charge is 2.03. The Morgan fingerprint density at radius 1 is 1.20 bits per heavy atom. The van der Waals surface area contributed by atoms with Crippen molar-refractivity contribution in [1.82, 2.24) is 0 Å². The molecule has 1 N–H and O–H groups in total. The maximum atomic E-state index is 12.7. The smallest absolute Gasteiger partial charge is 0.227 e. The third kappa shape index (κ3) is 4.66. The normalized spacial score (nSPS) is 10.1. The predicted molar refractivity (Wildman–Crippen MR) is 79.3 cm³/mol. The highest BCUT2D eigenvalue weighted by atomic mass is 79.9. The average molecular weight is 338 g/mol. The van der Waals surface area contributed by atoms with Crippen molar-refractivity contribution in [3.05, 3.63) is 58.8 Å².